The third-order valence-electron chi connectivity index (χ3n) is 5.01. The van der Waals surface area contributed by atoms with Crippen LogP contribution in [0.3, 0.4) is 0 Å². The first-order valence-corrected chi connectivity index (χ1v) is 9.77. The molecule has 0 radical (unpaired) electrons. The lowest BCUT2D eigenvalue weighted by Crippen LogP contribution is -2.52. The first kappa shape index (κ1) is 21.8. The van der Waals surface area contributed by atoms with Gasteiger partial charge in [0.1, 0.15) is 17.8 Å². The van der Waals surface area contributed by atoms with Crippen LogP contribution >= 0.6 is 11.6 Å². The Morgan fingerprint density at radius 2 is 2.13 bits per heavy atom. The Bertz CT molecular complexity index is 863. The van der Waals surface area contributed by atoms with Crippen LogP contribution in [0.5, 0.6) is 5.75 Å². The van der Waals surface area contributed by atoms with E-state index in [0.29, 0.717) is 25.1 Å². The summed E-state index contributed by atoms with van der Waals surface area (Å²) in [6.07, 6.45) is -0.481. The average molecular weight is 440 g/mol. The van der Waals surface area contributed by atoms with E-state index in [9.17, 15) is 24.3 Å². The van der Waals surface area contributed by atoms with E-state index in [1.165, 1.54) is 24.1 Å². The zero-order valence-corrected chi connectivity index (χ0v) is 17.0. The Kier molecular flexibility index (Phi) is 6.78. The van der Waals surface area contributed by atoms with E-state index >= 15 is 0 Å². The van der Waals surface area contributed by atoms with Crippen LogP contribution in [0.25, 0.3) is 0 Å². The van der Waals surface area contributed by atoms with Crippen LogP contribution < -0.4 is 15.4 Å². The maximum Gasteiger partial charge on any atom is 0.310 e. The summed E-state index contributed by atoms with van der Waals surface area (Å²) < 4.78 is 9.63. The summed E-state index contributed by atoms with van der Waals surface area (Å²) in [5.74, 6) is -1.54. The number of carbonyl (C=O) groups is 4. The highest BCUT2D eigenvalue weighted by atomic mass is 35.5. The molecule has 2 aliphatic rings. The van der Waals surface area contributed by atoms with Gasteiger partial charge in [0.25, 0.3) is 5.91 Å². The molecule has 0 saturated carbocycles. The van der Waals surface area contributed by atoms with Crippen LogP contribution in [0.1, 0.15) is 29.6 Å². The molecule has 0 aromatic heterocycles. The number of aliphatic hydroxyl groups is 1. The van der Waals surface area contributed by atoms with Crippen molar-refractivity contribution >= 4 is 35.3 Å². The zero-order valence-electron chi connectivity index (χ0n) is 16.2. The highest BCUT2D eigenvalue weighted by Gasteiger charge is 2.39. The Labute approximate surface area is 177 Å². The fourth-order valence-electron chi connectivity index (χ4n) is 3.44. The number of cyclic esters (lactones) is 1. The van der Waals surface area contributed by atoms with Crippen molar-refractivity contribution in [2.45, 2.75) is 37.6 Å². The molecule has 0 aliphatic carbocycles. The molecule has 3 N–H and O–H groups in total. The van der Waals surface area contributed by atoms with Crippen LogP contribution in [0.15, 0.2) is 18.2 Å². The van der Waals surface area contributed by atoms with Gasteiger partial charge in [-0.05, 0) is 31.0 Å². The van der Waals surface area contributed by atoms with E-state index in [1.807, 2.05) is 0 Å². The van der Waals surface area contributed by atoms with Crippen molar-refractivity contribution in [3.05, 3.63) is 28.8 Å². The number of halogens is 1. The topological polar surface area (TPSA) is 134 Å². The van der Waals surface area contributed by atoms with Crippen LogP contribution in [0, 0.1) is 0 Å². The predicted molar refractivity (Wildman–Crippen MR) is 104 cm³/mol. The Morgan fingerprint density at radius 1 is 1.37 bits per heavy atom. The molecule has 2 saturated heterocycles. The monoisotopic (exact) mass is 439 g/mol. The molecule has 0 bridgehead atoms. The first-order valence-electron chi connectivity index (χ1n) is 9.39. The van der Waals surface area contributed by atoms with E-state index in [4.69, 9.17) is 16.3 Å². The summed E-state index contributed by atoms with van der Waals surface area (Å²) in [5, 5.41) is 14.9. The molecule has 2 fully saturated rings. The number of carbonyl (C=O) groups excluding carboxylic acids is 4. The van der Waals surface area contributed by atoms with Crippen LogP contribution in [-0.4, -0.2) is 72.3 Å². The van der Waals surface area contributed by atoms with Gasteiger partial charge in [0.05, 0.1) is 30.7 Å². The Morgan fingerprint density at radius 3 is 2.77 bits per heavy atom. The highest BCUT2D eigenvalue weighted by molar-refractivity contribution is 6.34. The van der Waals surface area contributed by atoms with Crippen molar-refractivity contribution in [1.82, 2.24) is 15.5 Å². The van der Waals surface area contributed by atoms with Gasteiger partial charge >= 0.3 is 5.97 Å². The molecule has 10 nitrogen and oxygen atoms in total. The molecule has 11 heteroatoms. The summed E-state index contributed by atoms with van der Waals surface area (Å²) in [6, 6.07) is 2.96. The Balaban J connectivity index is 1.56. The molecule has 162 valence electrons. The number of nitrogens with zero attached hydrogens (tertiary/aromatic N) is 1. The van der Waals surface area contributed by atoms with Gasteiger partial charge in [-0.3, -0.25) is 19.2 Å². The second kappa shape index (κ2) is 9.31. The van der Waals surface area contributed by atoms with E-state index in [1.54, 1.807) is 6.07 Å². The lowest BCUT2D eigenvalue weighted by Gasteiger charge is -2.25. The number of nitrogens with one attached hydrogen (secondary N) is 2. The van der Waals surface area contributed by atoms with Crippen molar-refractivity contribution in [2.75, 3.05) is 20.2 Å². The van der Waals surface area contributed by atoms with Gasteiger partial charge in [0.15, 0.2) is 0 Å². The van der Waals surface area contributed by atoms with E-state index in [2.05, 4.69) is 15.4 Å². The highest BCUT2D eigenvalue weighted by Crippen LogP contribution is 2.23. The van der Waals surface area contributed by atoms with Gasteiger partial charge in [-0.1, -0.05) is 11.6 Å². The molecule has 3 amide bonds. The van der Waals surface area contributed by atoms with Crippen molar-refractivity contribution in [3.8, 4) is 5.75 Å². The summed E-state index contributed by atoms with van der Waals surface area (Å²) in [4.78, 5) is 50.0. The molecular formula is C19H22ClN3O7. The molecular weight excluding hydrogens is 418 g/mol. The van der Waals surface area contributed by atoms with Crippen LogP contribution in [-0.2, 0) is 19.1 Å². The molecule has 2 aliphatic heterocycles. The second-order valence-electron chi connectivity index (χ2n) is 6.97. The molecule has 0 spiro atoms. The number of likely N-dealkylation sites (tertiary alicyclic amines) is 1. The fourth-order valence-corrected chi connectivity index (χ4v) is 3.70. The zero-order chi connectivity index (χ0) is 21.8. The van der Waals surface area contributed by atoms with Gasteiger partial charge in [-0.2, -0.15) is 0 Å². The third-order valence-corrected chi connectivity index (χ3v) is 5.32. The number of amides is 3. The van der Waals surface area contributed by atoms with Gasteiger partial charge < -0.3 is 30.1 Å². The quantitative estimate of drug-likeness (QED) is 0.523. The molecule has 1 aromatic carbocycles. The normalized spacial score (nSPS) is 23.1. The van der Waals surface area contributed by atoms with Gasteiger partial charge in [0.2, 0.25) is 18.1 Å². The summed E-state index contributed by atoms with van der Waals surface area (Å²) in [7, 11) is 1.48. The molecule has 2 heterocycles. The number of aliphatic hydroxyl groups excluding tert-OH is 1. The van der Waals surface area contributed by atoms with E-state index in [0.717, 1.165) is 0 Å². The minimum absolute atomic E-state index is 0.133. The number of esters is 1. The molecule has 30 heavy (non-hydrogen) atoms. The molecule has 0 unspecified atom stereocenters. The van der Waals surface area contributed by atoms with E-state index < -0.39 is 42.1 Å². The molecule has 1 aromatic rings. The number of benzene rings is 1. The number of hydrogen-bond acceptors (Lipinski definition) is 7. The number of rotatable bonds is 6. The fraction of sp³-hybridized carbons (Fsp3) is 0.474. The largest absolute Gasteiger partial charge is 0.497 e. The number of ether oxygens (including phenoxy) is 2. The van der Waals surface area contributed by atoms with Crippen molar-refractivity contribution < 1.29 is 33.8 Å². The predicted octanol–water partition coefficient (Wildman–Crippen LogP) is -0.180. The standard InChI is InChI=1S/C19H22ClN3O7/c1-29-10-4-5-11(12(20)7-10)17(26)21-9-15(24)23-6-2-3-14(23)18(27)22-13-8-16(25)30-19(13)28/h4-5,7,13-14,19,28H,2-3,6,8-9H2,1H3,(H,21,26)(H,22,27)/t13-,14-,19+/m0/s1. The van der Waals surface area contributed by atoms with Crippen molar-refractivity contribution in [2.24, 2.45) is 0 Å². The van der Waals surface area contributed by atoms with Crippen molar-refractivity contribution in [1.29, 1.82) is 0 Å². The maximum absolute atomic E-state index is 12.6. The minimum atomic E-state index is -1.40. The molecule has 3 rings (SSSR count). The average Bonchev–Trinajstić information content (AvgIpc) is 3.32. The summed E-state index contributed by atoms with van der Waals surface area (Å²) in [5.41, 5.74) is 0.195. The molecule has 3 atom stereocenters. The van der Waals surface area contributed by atoms with Gasteiger partial charge in [-0.15, -0.1) is 0 Å². The minimum Gasteiger partial charge on any atom is -0.497 e. The van der Waals surface area contributed by atoms with Crippen LogP contribution in [0.2, 0.25) is 5.02 Å². The summed E-state index contributed by atoms with van der Waals surface area (Å²) in [6.45, 7) is 0.0529. The summed E-state index contributed by atoms with van der Waals surface area (Å²) >= 11 is 6.07. The maximum atomic E-state index is 12.6. The number of hydrogen-bond donors (Lipinski definition) is 3. The second-order valence-corrected chi connectivity index (χ2v) is 7.38. The lowest BCUT2D eigenvalue weighted by molar-refractivity contribution is -0.155. The van der Waals surface area contributed by atoms with Gasteiger partial charge in [0, 0.05) is 6.54 Å². The SMILES string of the molecule is COc1ccc(C(=O)NCC(=O)N2CCC[C@H]2C(=O)N[C@H]2CC(=O)O[C@H]2O)c(Cl)c1. The lowest BCUT2D eigenvalue weighted by atomic mass is 10.1. The third kappa shape index (κ3) is 4.82. The smallest absolute Gasteiger partial charge is 0.310 e. The van der Waals surface area contributed by atoms with Gasteiger partial charge in [-0.25, -0.2) is 0 Å². The Hall–Kier alpha value is -2.85. The van der Waals surface area contributed by atoms with E-state index in [-0.39, 0.29) is 23.6 Å². The van der Waals surface area contributed by atoms with Crippen molar-refractivity contribution in [3.63, 3.8) is 0 Å². The first-order chi connectivity index (χ1) is 14.3. The number of methoxy groups -OCH3 is 1. The van der Waals surface area contributed by atoms with Crippen LogP contribution in [0.4, 0.5) is 0 Å².